The summed E-state index contributed by atoms with van der Waals surface area (Å²) in [6, 6.07) is 5.14. The van der Waals surface area contributed by atoms with Crippen molar-refractivity contribution in [3.05, 3.63) is 28.2 Å². The number of benzene rings is 1. The molecule has 0 saturated carbocycles. The molecule has 1 aliphatic heterocycles. The first-order valence-corrected chi connectivity index (χ1v) is 6.32. The molecule has 2 N–H and O–H groups in total. The molecule has 0 saturated heterocycles. The molecule has 1 aromatic rings. The molecule has 1 heterocycles. The van der Waals surface area contributed by atoms with Crippen molar-refractivity contribution in [1.29, 1.82) is 0 Å². The summed E-state index contributed by atoms with van der Waals surface area (Å²) >= 11 is 3.35. The topological polar surface area (TPSA) is 61.4 Å². The van der Waals surface area contributed by atoms with Crippen LogP contribution in [0.2, 0.25) is 0 Å². The van der Waals surface area contributed by atoms with Crippen molar-refractivity contribution in [1.82, 2.24) is 10.2 Å². The van der Waals surface area contributed by atoms with E-state index in [0.29, 0.717) is 0 Å². The highest BCUT2D eigenvalue weighted by molar-refractivity contribution is 9.10. The summed E-state index contributed by atoms with van der Waals surface area (Å²) in [7, 11) is 3.37. The van der Waals surface area contributed by atoms with E-state index in [-0.39, 0.29) is 18.4 Å². The lowest BCUT2D eigenvalue weighted by atomic mass is 10.1. The van der Waals surface area contributed by atoms with Gasteiger partial charge in [0.05, 0.1) is 6.54 Å². The first-order chi connectivity index (χ1) is 8.49. The van der Waals surface area contributed by atoms with Crippen LogP contribution in [-0.2, 0) is 9.59 Å². The van der Waals surface area contributed by atoms with E-state index in [4.69, 9.17) is 0 Å². The summed E-state index contributed by atoms with van der Waals surface area (Å²) < 4.78 is 0.909. The molecule has 5 nitrogen and oxygen atoms in total. The standard InChI is InChI=1S/C12H14BrN3O2/c1-16(2)10(17)6-14-11-8-4-3-7(13)5-9(8)15-12(11)18/h3-5,11,14H,6H2,1-2H3,(H,15,18). The predicted molar refractivity (Wildman–Crippen MR) is 72.2 cm³/mol. The minimum Gasteiger partial charge on any atom is -0.348 e. The smallest absolute Gasteiger partial charge is 0.246 e. The van der Waals surface area contributed by atoms with Gasteiger partial charge >= 0.3 is 0 Å². The van der Waals surface area contributed by atoms with Crippen molar-refractivity contribution in [3.8, 4) is 0 Å². The van der Waals surface area contributed by atoms with Gasteiger partial charge in [0.1, 0.15) is 6.04 Å². The number of hydrogen-bond donors (Lipinski definition) is 2. The number of likely N-dealkylation sites (N-methyl/N-ethyl adjacent to an activating group) is 1. The van der Waals surface area contributed by atoms with Crippen LogP contribution < -0.4 is 10.6 Å². The van der Waals surface area contributed by atoms with Gasteiger partial charge < -0.3 is 10.2 Å². The molecule has 18 heavy (non-hydrogen) atoms. The minimum atomic E-state index is -0.461. The second-order valence-electron chi connectivity index (χ2n) is 4.32. The molecule has 1 unspecified atom stereocenters. The van der Waals surface area contributed by atoms with Crippen molar-refractivity contribution in [3.63, 3.8) is 0 Å². The number of amides is 2. The normalized spacial score (nSPS) is 17.3. The number of anilines is 1. The van der Waals surface area contributed by atoms with Crippen molar-refractivity contribution in [2.24, 2.45) is 0 Å². The van der Waals surface area contributed by atoms with Gasteiger partial charge in [-0.2, -0.15) is 0 Å². The van der Waals surface area contributed by atoms with Gasteiger partial charge in [-0.25, -0.2) is 0 Å². The molecule has 96 valence electrons. The average Bonchev–Trinajstić information content (AvgIpc) is 2.60. The maximum absolute atomic E-state index is 11.8. The Morgan fingerprint density at radius 2 is 2.22 bits per heavy atom. The number of fused-ring (bicyclic) bond motifs is 1. The van der Waals surface area contributed by atoms with Gasteiger partial charge in [0, 0.05) is 29.8 Å². The molecule has 1 aliphatic rings. The third-order valence-corrected chi connectivity index (χ3v) is 3.30. The summed E-state index contributed by atoms with van der Waals surface area (Å²) in [6.45, 7) is 0.139. The van der Waals surface area contributed by atoms with Gasteiger partial charge in [-0.1, -0.05) is 22.0 Å². The number of halogens is 1. The maximum atomic E-state index is 11.8. The van der Waals surface area contributed by atoms with Gasteiger partial charge in [0.15, 0.2) is 0 Å². The summed E-state index contributed by atoms with van der Waals surface area (Å²) in [5, 5.41) is 5.75. The zero-order chi connectivity index (χ0) is 13.3. The molecule has 0 spiro atoms. The second kappa shape index (κ2) is 5.07. The Kier molecular flexibility index (Phi) is 3.68. The predicted octanol–water partition coefficient (Wildman–Crippen LogP) is 1.12. The number of carbonyl (C=O) groups is 2. The molecule has 1 atom stereocenters. The molecule has 0 fully saturated rings. The lowest BCUT2D eigenvalue weighted by Crippen LogP contribution is -2.37. The second-order valence-corrected chi connectivity index (χ2v) is 5.24. The van der Waals surface area contributed by atoms with Gasteiger partial charge in [-0.15, -0.1) is 0 Å². The minimum absolute atomic E-state index is 0.0617. The summed E-state index contributed by atoms with van der Waals surface area (Å²) in [6.07, 6.45) is 0. The fraction of sp³-hybridized carbons (Fsp3) is 0.333. The fourth-order valence-corrected chi connectivity index (χ4v) is 2.15. The number of hydrogen-bond acceptors (Lipinski definition) is 3. The van der Waals surface area contributed by atoms with E-state index in [9.17, 15) is 9.59 Å². The van der Waals surface area contributed by atoms with Crippen LogP contribution >= 0.6 is 15.9 Å². The van der Waals surface area contributed by atoms with Crippen LogP contribution in [0.3, 0.4) is 0 Å². The van der Waals surface area contributed by atoms with Crippen LogP contribution in [-0.4, -0.2) is 37.4 Å². The lowest BCUT2D eigenvalue weighted by Gasteiger charge is -2.14. The maximum Gasteiger partial charge on any atom is 0.246 e. The summed E-state index contributed by atoms with van der Waals surface area (Å²) in [4.78, 5) is 24.8. The monoisotopic (exact) mass is 311 g/mol. The van der Waals surface area contributed by atoms with Gasteiger partial charge in [-0.05, 0) is 12.1 Å². The number of rotatable bonds is 3. The quantitative estimate of drug-likeness (QED) is 0.879. The number of nitrogens with one attached hydrogen (secondary N) is 2. The first-order valence-electron chi connectivity index (χ1n) is 5.53. The van der Waals surface area contributed by atoms with Crippen LogP contribution in [0.5, 0.6) is 0 Å². The van der Waals surface area contributed by atoms with E-state index in [1.807, 2.05) is 18.2 Å². The highest BCUT2D eigenvalue weighted by Gasteiger charge is 2.30. The van der Waals surface area contributed by atoms with E-state index in [1.54, 1.807) is 14.1 Å². The first kappa shape index (κ1) is 13.0. The molecular formula is C12H14BrN3O2. The zero-order valence-electron chi connectivity index (χ0n) is 10.2. The molecular weight excluding hydrogens is 298 g/mol. The molecule has 0 radical (unpaired) electrons. The van der Waals surface area contributed by atoms with E-state index in [1.165, 1.54) is 4.90 Å². The van der Waals surface area contributed by atoms with Gasteiger partial charge in [0.2, 0.25) is 11.8 Å². The Bertz CT molecular complexity index is 502. The number of carbonyl (C=O) groups excluding carboxylic acids is 2. The lowest BCUT2D eigenvalue weighted by molar-refractivity contribution is -0.128. The highest BCUT2D eigenvalue weighted by Crippen LogP contribution is 2.32. The van der Waals surface area contributed by atoms with Gasteiger partial charge in [-0.3, -0.25) is 14.9 Å². The summed E-state index contributed by atoms with van der Waals surface area (Å²) in [5.41, 5.74) is 1.65. The number of nitrogens with zero attached hydrogens (tertiary/aromatic N) is 1. The Hall–Kier alpha value is -1.40. The van der Waals surface area contributed by atoms with Crippen molar-refractivity contribution in [2.75, 3.05) is 26.0 Å². The Balaban J connectivity index is 2.11. The van der Waals surface area contributed by atoms with Crippen molar-refractivity contribution in [2.45, 2.75) is 6.04 Å². The molecule has 0 bridgehead atoms. The third kappa shape index (κ3) is 2.54. The van der Waals surface area contributed by atoms with Crippen molar-refractivity contribution >= 4 is 33.4 Å². The molecule has 6 heteroatoms. The van der Waals surface area contributed by atoms with E-state index in [2.05, 4.69) is 26.6 Å². The van der Waals surface area contributed by atoms with Crippen molar-refractivity contribution < 1.29 is 9.59 Å². The molecule has 2 amide bonds. The highest BCUT2D eigenvalue weighted by atomic mass is 79.9. The van der Waals surface area contributed by atoms with E-state index < -0.39 is 6.04 Å². The largest absolute Gasteiger partial charge is 0.348 e. The van der Waals surface area contributed by atoms with Gasteiger partial charge in [0.25, 0.3) is 0 Å². The van der Waals surface area contributed by atoms with Crippen LogP contribution in [0, 0.1) is 0 Å². The fourth-order valence-electron chi connectivity index (χ4n) is 1.78. The van der Waals surface area contributed by atoms with Crippen LogP contribution in [0.4, 0.5) is 5.69 Å². The zero-order valence-corrected chi connectivity index (χ0v) is 11.7. The Morgan fingerprint density at radius 1 is 1.50 bits per heavy atom. The van der Waals surface area contributed by atoms with E-state index >= 15 is 0 Å². The third-order valence-electron chi connectivity index (χ3n) is 2.80. The van der Waals surface area contributed by atoms with Crippen LogP contribution in [0.1, 0.15) is 11.6 Å². The Labute approximate surface area is 114 Å². The molecule has 0 aliphatic carbocycles. The summed E-state index contributed by atoms with van der Waals surface area (Å²) in [5.74, 6) is -0.192. The molecule has 1 aromatic carbocycles. The molecule has 2 rings (SSSR count). The average molecular weight is 312 g/mol. The molecule has 0 aromatic heterocycles. The van der Waals surface area contributed by atoms with Crippen LogP contribution in [0.15, 0.2) is 22.7 Å². The SMILES string of the molecule is CN(C)C(=O)CNC1C(=O)Nc2cc(Br)ccc21. The van der Waals surface area contributed by atoms with Crippen LogP contribution in [0.25, 0.3) is 0 Å². The Morgan fingerprint density at radius 3 is 2.89 bits per heavy atom. The van der Waals surface area contributed by atoms with E-state index in [0.717, 1.165) is 15.7 Å².